The predicted molar refractivity (Wildman–Crippen MR) is 122 cm³/mol. The van der Waals surface area contributed by atoms with Crippen molar-refractivity contribution < 1.29 is 23.4 Å². The third-order valence-corrected chi connectivity index (χ3v) is 5.06. The van der Waals surface area contributed by atoms with Crippen molar-refractivity contribution in [3.8, 4) is 28.6 Å². The Labute approximate surface area is 185 Å². The molecule has 0 atom stereocenters. The van der Waals surface area contributed by atoms with Crippen LogP contribution in [-0.4, -0.2) is 20.2 Å². The highest BCUT2D eigenvalue weighted by molar-refractivity contribution is 5.85. The van der Waals surface area contributed by atoms with Crippen LogP contribution in [-0.2, 0) is 11.2 Å². The molecule has 6 nitrogen and oxygen atoms in total. The maximum Gasteiger partial charge on any atom is 0.315 e. The summed E-state index contributed by atoms with van der Waals surface area (Å²) in [7, 11) is 3.05. The third-order valence-electron chi connectivity index (χ3n) is 5.06. The SMILES string of the molecule is COc1ccc(-c2oc3cc(C)ccc3c(=O)c2OC(=O)Cc2ccccc2)cc1OC. The molecule has 0 N–H and O–H groups in total. The summed E-state index contributed by atoms with van der Waals surface area (Å²) in [6.07, 6.45) is 0.0254. The van der Waals surface area contributed by atoms with Gasteiger partial charge in [-0.25, -0.2) is 0 Å². The molecule has 1 heterocycles. The minimum Gasteiger partial charge on any atom is -0.493 e. The van der Waals surface area contributed by atoms with Crippen LogP contribution in [0.4, 0.5) is 0 Å². The molecule has 6 heteroatoms. The Bertz CT molecular complexity index is 1340. The molecule has 0 radical (unpaired) electrons. The maximum absolute atomic E-state index is 13.3. The number of aryl methyl sites for hydroxylation is 1. The topological polar surface area (TPSA) is 75.0 Å². The molecule has 0 fully saturated rings. The van der Waals surface area contributed by atoms with Gasteiger partial charge in [0, 0.05) is 5.56 Å². The number of fused-ring (bicyclic) bond motifs is 1. The van der Waals surface area contributed by atoms with Crippen molar-refractivity contribution in [1.29, 1.82) is 0 Å². The Kier molecular flexibility index (Phi) is 5.94. The monoisotopic (exact) mass is 430 g/mol. The smallest absolute Gasteiger partial charge is 0.315 e. The molecule has 0 unspecified atom stereocenters. The van der Waals surface area contributed by atoms with E-state index in [1.807, 2.05) is 43.3 Å². The van der Waals surface area contributed by atoms with E-state index in [0.717, 1.165) is 11.1 Å². The van der Waals surface area contributed by atoms with E-state index in [4.69, 9.17) is 18.6 Å². The van der Waals surface area contributed by atoms with Crippen molar-refractivity contribution >= 4 is 16.9 Å². The number of ether oxygens (including phenoxy) is 3. The fourth-order valence-electron chi connectivity index (χ4n) is 3.46. The van der Waals surface area contributed by atoms with Crippen LogP contribution in [0.5, 0.6) is 17.2 Å². The quantitative estimate of drug-likeness (QED) is 0.404. The van der Waals surface area contributed by atoms with E-state index < -0.39 is 11.4 Å². The molecule has 0 bridgehead atoms. The zero-order valence-corrected chi connectivity index (χ0v) is 18.0. The molecule has 0 amide bonds. The van der Waals surface area contributed by atoms with Crippen LogP contribution in [0.3, 0.4) is 0 Å². The van der Waals surface area contributed by atoms with E-state index >= 15 is 0 Å². The fraction of sp³-hybridized carbons (Fsp3) is 0.154. The number of benzene rings is 3. The molecule has 1 aromatic heterocycles. The largest absolute Gasteiger partial charge is 0.493 e. The van der Waals surface area contributed by atoms with Gasteiger partial charge in [-0.3, -0.25) is 9.59 Å². The van der Waals surface area contributed by atoms with Gasteiger partial charge in [0.25, 0.3) is 0 Å². The van der Waals surface area contributed by atoms with E-state index in [1.54, 1.807) is 30.3 Å². The van der Waals surface area contributed by atoms with Crippen LogP contribution in [0.2, 0.25) is 0 Å². The van der Waals surface area contributed by atoms with Crippen LogP contribution in [0.25, 0.3) is 22.3 Å². The lowest BCUT2D eigenvalue weighted by molar-refractivity contribution is -0.133. The molecule has 162 valence electrons. The molecule has 4 rings (SSSR count). The van der Waals surface area contributed by atoms with Gasteiger partial charge in [0.15, 0.2) is 17.3 Å². The van der Waals surface area contributed by atoms with Gasteiger partial charge in [-0.2, -0.15) is 0 Å². The van der Waals surface area contributed by atoms with Gasteiger partial charge in [0.05, 0.1) is 26.0 Å². The first-order chi connectivity index (χ1) is 15.5. The summed E-state index contributed by atoms with van der Waals surface area (Å²) in [6.45, 7) is 1.91. The van der Waals surface area contributed by atoms with Crippen molar-refractivity contribution in [2.45, 2.75) is 13.3 Å². The molecule has 3 aromatic carbocycles. The summed E-state index contributed by atoms with van der Waals surface area (Å²) in [5.74, 6) is 0.415. The highest BCUT2D eigenvalue weighted by Gasteiger charge is 2.22. The van der Waals surface area contributed by atoms with Crippen LogP contribution in [0.1, 0.15) is 11.1 Å². The van der Waals surface area contributed by atoms with Gasteiger partial charge in [0.2, 0.25) is 11.2 Å². The summed E-state index contributed by atoms with van der Waals surface area (Å²) in [5, 5.41) is 0.335. The highest BCUT2D eigenvalue weighted by Crippen LogP contribution is 2.37. The summed E-state index contributed by atoms with van der Waals surface area (Å²) < 4.78 is 22.4. The molecular weight excluding hydrogens is 408 g/mol. The number of methoxy groups -OCH3 is 2. The molecule has 0 aliphatic carbocycles. The second kappa shape index (κ2) is 8.98. The Balaban J connectivity index is 1.85. The minimum atomic E-state index is -0.559. The Morgan fingerprint density at radius 1 is 0.906 bits per heavy atom. The number of carbonyl (C=O) groups excluding carboxylic acids is 1. The molecule has 4 aromatic rings. The summed E-state index contributed by atoms with van der Waals surface area (Å²) in [5.41, 5.74) is 2.23. The molecular formula is C26H22O6. The first-order valence-electron chi connectivity index (χ1n) is 10.0. The van der Waals surface area contributed by atoms with Gasteiger partial charge >= 0.3 is 5.97 Å². The summed E-state index contributed by atoms with van der Waals surface area (Å²) >= 11 is 0. The van der Waals surface area contributed by atoms with Gasteiger partial charge < -0.3 is 18.6 Å². The Morgan fingerprint density at radius 3 is 2.38 bits per heavy atom. The van der Waals surface area contributed by atoms with Gasteiger partial charge in [-0.15, -0.1) is 0 Å². The van der Waals surface area contributed by atoms with Gasteiger partial charge in [-0.1, -0.05) is 36.4 Å². The standard InChI is InChI=1S/C26H22O6/c1-16-9-11-19-21(13-16)31-25(18-10-12-20(29-2)22(15-18)30-3)26(24(19)28)32-23(27)14-17-7-5-4-6-8-17/h4-13,15H,14H2,1-3H3. The van der Waals surface area contributed by atoms with Crippen LogP contribution in [0, 0.1) is 6.92 Å². The molecule has 32 heavy (non-hydrogen) atoms. The van der Waals surface area contributed by atoms with Crippen LogP contribution in [0.15, 0.2) is 75.9 Å². The zero-order valence-electron chi connectivity index (χ0n) is 18.0. The normalized spacial score (nSPS) is 10.7. The lowest BCUT2D eigenvalue weighted by Crippen LogP contribution is -2.18. The van der Waals surface area contributed by atoms with E-state index in [9.17, 15) is 9.59 Å². The zero-order chi connectivity index (χ0) is 22.7. The number of rotatable bonds is 6. The van der Waals surface area contributed by atoms with Crippen molar-refractivity contribution in [3.63, 3.8) is 0 Å². The van der Waals surface area contributed by atoms with E-state index in [2.05, 4.69) is 0 Å². The van der Waals surface area contributed by atoms with Gasteiger partial charge in [0.1, 0.15) is 5.58 Å². The van der Waals surface area contributed by atoms with Crippen LogP contribution < -0.4 is 19.6 Å². The summed E-state index contributed by atoms with van der Waals surface area (Å²) in [6, 6.07) is 19.5. The minimum absolute atomic E-state index is 0.0254. The predicted octanol–water partition coefficient (Wildman–Crippen LogP) is 4.93. The van der Waals surface area contributed by atoms with Crippen molar-refractivity contribution in [3.05, 3.63) is 88.1 Å². The number of hydrogen-bond acceptors (Lipinski definition) is 6. The maximum atomic E-state index is 13.3. The number of esters is 1. The Morgan fingerprint density at radius 2 is 1.66 bits per heavy atom. The van der Waals surface area contributed by atoms with Crippen molar-refractivity contribution in [2.75, 3.05) is 14.2 Å². The molecule has 0 aliphatic rings. The van der Waals surface area contributed by atoms with Crippen molar-refractivity contribution in [1.82, 2.24) is 0 Å². The third kappa shape index (κ3) is 4.21. The molecule has 0 saturated heterocycles. The Hall–Kier alpha value is -4.06. The number of carbonyl (C=O) groups is 1. The molecule has 0 saturated carbocycles. The average molecular weight is 430 g/mol. The van der Waals surface area contributed by atoms with Gasteiger partial charge in [-0.05, 0) is 48.4 Å². The highest BCUT2D eigenvalue weighted by atomic mass is 16.5. The molecule has 0 aliphatic heterocycles. The second-order valence-corrected chi connectivity index (χ2v) is 7.30. The van der Waals surface area contributed by atoms with E-state index in [-0.39, 0.29) is 17.9 Å². The lowest BCUT2D eigenvalue weighted by Gasteiger charge is -2.13. The van der Waals surface area contributed by atoms with E-state index in [0.29, 0.717) is 28.0 Å². The molecule has 0 spiro atoms. The van der Waals surface area contributed by atoms with Crippen LogP contribution >= 0.6 is 0 Å². The summed E-state index contributed by atoms with van der Waals surface area (Å²) in [4.78, 5) is 26.0. The van der Waals surface area contributed by atoms with E-state index in [1.165, 1.54) is 14.2 Å². The average Bonchev–Trinajstić information content (AvgIpc) is 2.80. The lowest BCUT2D eigenvalue weighted by atomic mass is 10.1. The fourth-order valence-corrected chi connectivity index (χ4v) is 3.46. The first kappa shape index (κ1) is 21.2. The van der Waals surface area contributed by atoms with Crippen molar-refractivity contribution in [2.24, 2.45) is 0 Å². The first-order valence-corrected chi connectivity index (χ1v) is 10.0. The number of hydrogen-bond donors (Lipinski definition) is 0. The second-order valence-electron chi connectivity index (χ2n) is 7.30.